The maximum absolute atomic E-state index is 13.3. The van der Waals surface area contributed by atoms with Gasteiger partial charge < -0.3 is 15.1 Å². The SMILES string of the molecule is CC1(O)CCCN(C(=O)c2cc(F)c(F)cc2C(=O)O)C1. The molecule has 1 heterocycles. The van der Waals surface area contributed by atoms with Crippen LogP contribution in [0, 0.1) is 11.6 Å². The van der Waals surface area contributed by atoms with E-state index in [9.17, 15) is 23.5 Å². The van der Waals surface area contributed by atoms with Crippen molar-refractivity contribution >= 4 is 11.9 Å². The summed E-state index contributed by atoms with van der Waals surface area (Å²) in [5, 5.41) is 19.0. The molecule has 1 aromatic carbocycles. The van der Waals surface area contributed by atoms with Gasteiger partial charge in [-0.15, -0.1) is 0 Å². The molecule has 0 radical (unpaired) electrons. The molecule has 0 aromatic heterocycles. The fraction of sp³-hybridized carbons (Fsp3) is 0.429. The molecule has 0 saturated carbocycles. The Labute approximate surface area is 119 Å². The van der Waals surface area contributed by atoms with Crippen LogP contribution in [0.2, 0.25) is 0 Å². The van der Waals surface area contributed by atoms with Gasteiger partial charge in [-0.1, -0.05) is 0 Å². The van der Waals surface area contributed by atoms with Crippen molar-refractivity contribution in [3.05, 3.63) is 34.9 Å². The number of benzene rings is 1. The lowest BCUT2D eigenvalue weighted by Gasteiger charge is -2.37. The number of carboxylic acids is 1. The zero-order valence-corrected chi connectivity index (χ0v) is 11.4. The van der Waals surface area contributed by atoms with Gasteiger partial charge in [0.2, 0.25) is 0 Å². The summed E-state index contributed by atoms with van der Waals surface area (Å²) >= 11 is 0. The number of likely N-dealkylation sites (tertiary alicyclic amines) is 1. The van der Waals surface area contributed by atoms with Gasteiger partial charge in [0.05, 0.1) is 16.7 Å². The molecule has 1 aliphatic rings. The molecular formula is C14H15F2NO4. The second-order valence-corrected chi connectivity index (χ2v) is 5.44. The van der Waals surface area contributed by atoms with Crippen molar-refractivity contribution < 1.29 is 28.6 Å². The molecule has 1 amide bonds. The average molecular weight is 299 g/mol. The van der Waals surface area contributed by atoms with E-state index in [1.165, 1.54) is 4.90 Å². The Hall–Kier alpha value is -2.02. The largest absolute Gasteiger partial charge is 0.478 e. The molecule has 0 aliphatic carbocycles. The Bertz CT molecular complexity index is 601. The Morgan fingerprint density at radius 3 is 2.33 bits per heavy atom. The molecule has 2 rings (SSSR count). The van der Waals surface area contributed by atoms with Crippen molar-refractivity contribution in [1.29, 1.82) is 0 Å². The number of β-amino-alcohol motifs (C(OH)–C–C–N with tert-alkyl or cyclic N) is 1. The Kier molecular flexibility index (Phi) is 3.95. The quantitative estimate of drug-likeness (QED) is 0.870. The summed E-state index contributed by atoms with van der Waals surface area (Å²) in [4.78, 5) is 24.7. The number of aromatic carboxylic acids is 1. The molecule has 0 spiro atoms. The maximum Gasteiger partial charge on any atom is 0.336 e. The number of halogens is 2. The normalized spacial score (nSPS) is 22.2. The van der Waals surface area contributed by atoms with Gasteiger partial charge in [-0.05, 0) is 31.9 Å². The van der Waals surface area contributed by atoms with E-state index in [0.717, 1.165) is 0 Å². The van der Waals surface area contributed by atoms with Crippen LogP contribution in [0.4, 0.5) is 8.78 Å². The van der Waals surface area contributed by atoms with E-state index in [-0.39, 0.29) is 6.54 Å². The van der Waals surface area contributed by atoms with Crippen molar-refractivity contribution in [2.75, 3.05) is 13.1 Å². The zero-order chi connectivity index (χ0) is 15.8. The van der Waals surface area contributed by atoms with Crippen LogP contribution in [-0.2, 0) is 0 Å². The molecule has 5 nitrogen and oxygen atoms in total. The number of hydrogen-bond acceptors (Lipinski definition) is 3. The van der Waals surface area contributed by atoms with Crippen LogP contribution >= 0.6 is 0 Å². The van der Waals surface area contributed by atoms with Gasteiger partial charge in [-0.3, -0.25) is 4.79 Å². The number of carboxylic acid groups (broad SMARTS) is 1. The van der Waals surface area contributed by atoms with E-state index in [0.29, 0.717) is 31.5 Å². The lowest BCUT2D eigenvalue weighted by Crippen LogP contribution is -2.48. The van der Waals surface area contributed by atoms with Crippen LogP contribution in [0.25, 0.3) is 0 Å². The minimum atomic E-state index is -1.51. The molecule has 0 bridgehead atoms. The fourth-order valence-electron chi connectivity index (χ4n) is 2.46. The first kappa shape index (κ1) is 15.4. The molecule has 1 aromatic rings. The first-order valence-corrected chi connectivity index (χ1v) is 6.45. The first-order chi connectivity index (χ1) is 9.71. The van der Waals surface area contributed by atoms with Crippen LogP contribution in [0.3, 0.4) is 0 Å². The zero-order valence-electron chi connectivity index (χ0n) is 11.4. The molecule has 21 heavy (non-hydrogen) atoms. The summed E-state index contributed by atoms with van der Waals surface area (Å²) < 4.78 is 26.5. The highest BCUT2D eigenvalue weighted by Crippen LogP contribution is 2.24. The van der Waals surface area contributed by atoms with Gasteiger partial charge in [0, 0.05) is 13.1 Å². The number of carbonyl (C=O) groups excluding carboxylic acids is 1. The summed E-state index contributed by atoms with van der Waals surface area (Å²) in [6.07, 6.45) is 1.06. The van der Waals surface area contributed by atoms with E-state index in [2.05, 4.69) is 0 Å². The number of carbonyl (C=O) groups is 2. The first-order valence-electron chi connectivity index (χ1n) is 6.45. The predicted molar refractivity (Wildman–Crippen MR) is 69.1 cm³/mol. The minimum Gasteiger partial charge on any atom is -0.478 e. The standard InChI is InChI=1S/C14H15F2NO4/c1-14(21)3-2-4-17(7-14)12(18)8-5-10(15)11(16)6-9(8)13(19)20/h5-6,21H,2-4,7H2,1H3,(H,19,20). The molecule has 1 unspecified atom stereocenters. The molecule has 7 heteroatoms. The number of rotatable bonds is 2. The van der Waals surface area contributed by atoms with E-state index in [1.54, 1.807) is 6.92 Å². The second-order valence-electron chi connectivity index (χ2n) is 5.44. The monoisotopic (exact) mass is 299 g/mol. The van der Waals surface area contributed by atoms with Crippen molar-refractivity contribution in [1.82, 2.24) is 4.90 Å². The highest BCUT2D eigenvalue weighted by Gasteiger charge is 2.33. The molecule has 114 valence electrons. The van der Waals surface area contributed by atoms with Gasteiger partial charge in [-0.25, -0.2) is 13.6 Å². The Balaban J connectivity index is 2.39. The predicted octanol–water partition coefficient (Wildman–Crippen LogP) is 1.65. The molecule has 2 N–H and O–H groups in total. The minimum absolute atomic E-state index is 0.0177. The lowest BCUT2D eigenvalue weighted by atomic mass is 9.94. The summed E-state index contributed by atoms with van der Waals surface area (Å²) in [5.41, 5.74) is -2.08. The second kappa shape index (κ2) is 5.40. The van der Waals surface area contributed by atoms with E-state index in [1.807, 2.05) is 0 Å². The lowest BCUT2D eigenvalue weighted by molar-refractivity contribution is -0.0108. The van der Waals surface area contributed by atoms with Gasteiger partial charge in [0.25, 0.3) is 5.91 Å². The summed E-state index contributed by atoms with van der Waals surface area (Å²) in [6.45, 7) is 1.91. The van der Waals surface area contributed by atoms with Crippen LogP contribution < -0.4 is 0 Å². The number of amides is 1. The Morgan fingerprint density at radius 2 is 1.81 bits per heavy atom. The van der Waals surface area contributed by atoms with Crippen molar-refractivity contribution in [2.24, 2.45) is 0 Å². The van der Waals surface area contributed by atoms with Crippen LogP contribution in [-0.4, -0.2) is 45.7 Å². The molecular weight excluding hydrogens is 284 g/mol. The van der Waals surface area contributed by atoms with Gasteiger partial charge >= 0.3 is 5.97 Å². The highest BCUT2D eigenvalue weighted by atomic mass is 19.2. The van der Waals surface area contributed by atoms with E-state index < -0.39 is 40.2 Å². The topological polar surface area (TPSA) is 77.8 Å². The third kappa shape index (κ3) is 3.18. The van der Waals surface area contributed by atoms with E-state index >= 15 is 0 Å². The smallest absolute Gasteiger partial charge is 0.336 e. The number of aliphatic hydroxyl groups is 1. The van der Waals surface area contributed by atoms with Gasteiger partial charge in [0.1, 0.15) is 0 Å². The number of piperidine rings is 1. The summed E-state index contributed by atoms with van der Waals surface area (Å²) in [5.74, 6) is -4.85. The Morgan fingerprint density at radius 1 is 1.24 bits per heavy atom. The average Bonchev–Trinajstić information content (AvgIpc) is 2.39. The fourth-order valence-corrected chi connectivity index (χ4v) is 2.46. The van der Waals surface area contributed by atoms with Crippen molar-refractivity contribution in [2.45, 2.75) is 25.4 Å². The molecule has 1 saturated heterocycles. The highest BCUT2D eigenvalue weighted by molar-refractivity contribution is 6.04. The van der Waals surface area contributed by atoms with Crippen molar-refractivity contribution in [3.8, 4) is 0 Å². The van der Waals surface area contributed by atoms with Crippen LogP contribution in [0.15, 0.2) is 12.1 Å². The van der Waals surface area contributed by atoms with Crippen LogP contribution in [0.1, 0.15) is 40.5 Å². The molecule has 1 fully saturated rings. The summed E-state index contributed by atoms with van der Waals surface area (Å²) in [7, 11) is 0. The van der Waals surface area contributed by atoms with Gasteiger partial charge in [-0.2, -0.15) is 0 Å². The molecule has 1 aliphatic heterocycles. The summed E-state index contributed by atoms with van der Waals surface area (Å²) in [6, 6.07) is 1.08. The third-order valence-electron chi connectivity index (χ3n) is 3.48. The third-order valence-corrected chi connectivity index (χ3v) is 3.48. The van der Waals surface area contributed by atoms with Crippen LogP contribution in [0.5, 0.6) is 0 Å². The van der Waals surface area contributed by atoms with E-state index in [4.69, 9.17) is 5.11 Å². The molecule has 1 atom stereocenters. The maximum atomic E-state index is 13.3. The van der Waals surface area contributed by atoms with Gasteiger partial charge in [0.15, 0.2) is 11.6 Å². The number of hydrogen-bond donors (Lipinski definition) is 2. The van der Waals surface area contributed by atoms with Crippen molar-refractivity contribution in [3.63, 3.8) is 0 Å². The number of nitrogens with zero attached hydrogens (tertiary/aromatic N) is 1.